The van der Waals surface area contributed by atoms with Crippen molar-refractivity contribution in [3.63, 3.8) is 0 Å². The molecule has 0 saturated heterocycles. The second kappa shape index (κ2) is 8.55. The number of hydrogen-bond acceptors (Lipinski definition) is 4. The number of carboxylic acids is 1. The van der Waals surface area contributed by atoms with Gasteiger partial charge < -0.3 is 15.3 Å². The largest absolute Gasteiger partial charge is 0.481 e. The summed E-state index contributed by atoms with van der Waals surface area (Å²) in [4.78, 5) is 37.0. The number of amides is 2. The minimum absolute atomic E-state index is 0.0700. The summed E-state index contributed by atoms with van der Waals surface area (Å²) in [6.07, 6.45) is -0.0700. The van der Waals surface area contributed by atoms with E-state index in [1.807, 2.05) is 35.7 Å². The molecular weight excluding hydrogens is 364 g/mol. The predicted molar refractivity (Wildman–Crippen MR) is 105 cm³/mol. The van der Waals surface area contributed by atoms with Gasteiger partial charge in [0.2, 0.25) is 11.8 Å². The molecule has 6 nitrogen and oxygen atoms in total. The summed E-state index contributed by atoms with van der Waals surface area (Å²) in [6.45, 7) is -0.0863. The van der Waals surface area contributed by atoms with Crippen LogP contribution in [0.1, 0.15) is 11.1 Å². The quantitative estimate of drug-likeness (QED) is 0.802. The molecular formula is C20H18N2O4S. The summed E-state index contributed by atoms with van der Waals surface area (Å²) in [5, 5.41) is 13.4. The van der Waals surface area contributed by atoms with Gasteiger partial charge in [0.25, 0.3) is 0 Å². The van der Waals surface area contributed by atoms with Gasteiger partial charge in [0.05, 0.1) is 17.9 Å². The normalized spacial score (nSPS) is 13.9. The molecule has 7 heteroatoms. The van der Waals surface area contributed by atoms with Crippen molar-refractivity contribution in [2.75, 3.05) is 17.6 Å². The number of nitrogens with zero attached hydrogens (tertiary/aromatic N) is 1. The first kappa shape index (κ1) is 18.7. The average molecular weight is 382 g/mol. The van der Waals surface area contributed by atoms with Crippen molar-refractivity contribution >= 4 is 40.9 Å². The van der Waals surface area contributed by atoms with Gasteiger partial charge >= 0.3 is 5.97 Å². The molecule has 3 rings (SSSR count). The highest BCUT2D eigenvalue weighted by Gasteiger charge is 2.25. The zero-order valence-corrected chi connectivity index (χ0v) is 15.2. The van der Waals surface area contributed by atoms with Crippen molar-refractivity contribution in [1.29, 1.82) is 0 Å². The Morgan fingerprint density at radius 3 is 2.44 bits per heavy atom. The van der Waals surface area contributed by atoms with Crippen molar-refractivity contribution in [3.05, 3.63) is 71.1 Å². The molecule has 0 aliphatic carbocycles. The maximum atomic E-state index is 12.4. The van der Waals surface area contributed by atoms with Crippen molar-refractivity contribution in [1.82, 2.24) is 4.90 Å². The van der Waals surface area contributed by atoms with E-state index in [-0.39, 0.29) is 24.8 Å². The maximum absolute atomic E-state index is 12.4. The monoisotopic (exact) mass is 382 g/mol. The molecule has 0 unspecified atom stereocenters. The Hall–Kier alpha value is -3.06. The third kappa shape index (κ3) is 4.98. The highest BCUT2D eigenvalue weighted by molar-refractivity contribution is 8.03. The van der Waals surface area contributed by atoms with Gasteiger partial charge in [-0.15, -0.1) is 11.8 Å². The van der Waals surface area contributed by atoms with E-state index in [0.717, 1.165) is 5.56 Å². The van der Waals surface area contributed by atoms with Crippen molar-refractivity contribution in [2.24, 2.45) is 0 Å². The van der Waals surface area contributed by atoms with E-state index in [2.05, 4.69) is 5.32 Å². The van der Waals surface area contributed by atoms with Gasteiger partial charge in [-0.25, -0.2) is 0 Å². The van der Waals surface area contributed by atoms with Crippen LogP contribution in [0.4, 0.5) is 5.69 Å². The van der Waals surface area contributed by atoms with Crippen molar-refractivity contribution in [3.8, 4) is 0 Å². The second-order valence-electron chi connectivity index (χ2n) is 5.98. The first-order chi connectivity index (χ1) is 13.0. The number of rotatable bonds is 6. The third-order valence-electron chi connectivity index (χ3n) is 3.96. The Balaban J connectivity index is 1.68. The number of thioether (sulfide) groups is 1. The molecule has 27 heavy (non-hydrogen) atoms. The van der Waals surface area contributed by atoms with E-state index in [4.69, 9.17) is 5.11 Å². The van der Waals surface area contributed by atoms with Crippen LogP contribution >= 0.6 is 11.8 Å². The molecule has 138 valence electrons. The molecule has 1 aliphatic heterocycles. The van der Waals surface area contributed by atoms with Gasteiger partial charge in [-0.1, -0.05) is 42.5 Å². The molecule has 0 saturated carbocycles. The van der Waals surface area contributed by atoms with Crippen LogP contribution in [0.2, 0.25) is 0 Å². The number of anilines is 1. The zero-order valence-electron chi connectivity index (χ0n) is 14.4. The molecule has 2 aromatic rings. The molecule has 1 aliphatic rings. The number of carboxylic acid groups (broad SMARTS) is 1. The molecule has 0 bridgehead atoms. The van der Waals surface area contributed by atoms with Gasteiger partial charge in [0.1, 0.15) is 6.54 Å². The average Bonchev–Trinajstić information content (AvgIpc) is 2.65. The lowest BCUT2D eigenvalue weighted by Gasteiger charge is -2.28. The van der Waals surface area contributed by atoms with Gasteiger partial charge in [-0.3, -0.25) is 14.4 Å². The number of hydrogen-bond donors (Lipinski definition) is 2. The van der Waals surface area contributed by atoms with Gasteiger partial charge in [-0.2, -0.15) is 0 Å². The number of carbonyl (C=O) groups excluding carboxylic acids is 2. The molecule has 2 N–H and O–H groups in total. The van der Waals surface area contributed by atoms with E-state index in [1.165, 1.54) is 16.7 Å². The minimum atomic E-state index is -0.909. The molecule has 0 spiro atoms. The van der Waals surface area contributed by atoms with Crippen molar-refractivity contribution in [2.45, 2.75) is 6.42 Å². The van der Waals surface area contributed by atoms with E-state index in [9.17, 15) is 14.4 Å². The smallest absolute Gasteiger partial charge is 0.307 e. The molecule has 0 atom stereocenters. The lowest BCUT2D eigenvalue weighted by molar-refractivity contribution is -0.136. The predicted octanol–water partition coefficient (Wildman–Crippen LogP) is 2.83. The molecule has 2 amide bonds. The maximum Gasteiger partial charge on any atom is 0.307 e. The van der Waals surface area contributed by atoms with Crippen LogP contribution in [-0.2, 0) is 20.8 Å². The zero-order chi connectivity index (χ0) is 19.2. The fraction of sp³-hybridized carbons (Fsp3) is 0.150. The number of aliphatic carboxylic acids is 1. The SMILES string of the molecule is O=C(O)Cc1ccc(NC(=O)CN2C(=O)CSC=C2c2ccccc2)cc1. The van der Waals surface area contributed by atoms with E-state index in [1.54, 1.807) is 24.3 Å². The Morgan fingerprint density at radius 1 is 1.07 bits per heavy atom. The Morgan fingerprint density at radius 2 is 1.78 bits per heavy atom. The molecule has 0 fully saturated rings. The van der Waals surface area contributed by atoms with Gasteiger partial charge in [0.15, 0.2) is 0 Å². The van der Waals surface area contributed by atoms with E-state index in [0.29, 0.717) is 22.7 Å². The molecule has 1 heterocycles. The Bertz CT molecular complexity index is 879. The van der Waals surface area contributed by atoms with Crippen LogP contribution in [0, 0.1) is 0 Å². The van der Waals surface area contributed by atoms with Crippen LogP contribution < -0.4 is 5.32 Å². The van der Waals surface area contributed by atoms with Crippen molar-refractivity contribution < 1.29 is 19.5 Å². The van der Waals surface area contributed by atoms with Gasteiger partial charge in [0, 0.05) is 5.69 Å². The summed E-state index contributed by atoms with van der Waals surface area (Å²) < 4.78 is 0. The highest BCUT2D eigenvalue weighted by Crippen LogP contribution is 2.28. The fourth-order valence-corrected chi connectivity index (χ4v) is 3.50. The standard InChI is InChI=1S/C20H18N2O4S/c23-18(21-16-8-6-14(7-9-16)10-20(25)26)11-22-17(12-27-13-19(22)24)15-4-2-1-3-5-15/h1-9,12H,10-11,13H2,(H,21,23)(H,25,26). The summed E-state index contributed by atoms with van der Waals surface area (Å²) in [5.41, 5.74) is 2.80. The first-order valence-corrected chi connectivity index (χ1v) is 9.36. The Labute approximate surface area is 160 Å². The van der Waals surface area contributed by atoms with Crippen LogP contribution in [-0.4, -0.2) is 40.1 Å². The summed E-state index contributed by atoms with van der Waals surface area (Å²) in [5.74, 6) is -1.04. The lowest BCUT2D eigenvalue weighted by atomic mass is 10.1. The van der Waals surface area contributed by atoms with E-state index >= 15 is 0 Å². The van der Waals surface area contributed by atoms with Gasteiger partial charge in [-0.05, 0) is 28.7 Å². The molecule has 0 aromatic heterocycles. The first-order valence-electron chi connectivity index (χ1n) is 8.31. The lowest BCUT2D eigenvalue weighted by Crippen LogP contribution is -2.39. The minimum Gasteiger partial charge on any atom is -0.481 e. The van der Waals surface area contributed by atoms with Crippen LogP contribution in [0.25, 0.3) is 5.70 Å². The van der Waals surface area contributed by atoms with E-state index < -0.39 is 5.97 Å². The third-order valence-corrected chi connectivity index (χ3v) is 4.76. The summed E-state index contributed by atoms with van der Waals surface area (Å²) in [7, 11) is 0. The number of benzene rings is 2. The number of carbonyl (C=O) groups is 3. The summed E-state index contributed by atoms with van der Waals surface area (Å²) >= 11 is 1.41. The van der Waals surface area contributed by atoms with Crippen LogP contribution in [0.15, 0.2) is 60.0 Å². The molecule has 0 radical (unpaired) electrons. The van der Waals surface area contributed by atoms with Crippen LogP contribution in [0.3, 0.4) is 0 Å². The number of nitrogens with one attached hydrogen (secondary N) is 1. The summed E-state index contributed by atoms with van der Waals surface area (Å²) in [6, 6.07) is 16.1. The topological polar surface area (TPSA) is 86.7 Å². The second-order valence-corrected chi connectivity index (χ2v) is 6.83. The fourth-order valence-electron chi connectivity index (χ4n) is 2.70. The highest BCUT2D eigenvalue weighted by atomic mass is 32.2. The van der Waals surface area contributed by atoms with Crippen LogP contribution in [0.5, 0.6) is 0 Å². The molecule has 2 aromatic carbocycles. The Kier molecular flexibility index (Phi) is 5.93.